The van der Waals surface area contributed by atoms with Crippen molar-refractivity contribution in [1.82, 2.24) is 9.78 Å². The van der Waals surface area contributed by atoms with Gasteiger partial charge in [0.2, 0.25) is 0 Å². The van der Waals surface area contributed by atoms with Gasteiger partial charge in [0.25, 0.3) is 5.56 Å². The molecule has 0 saturated carbocycles. The molecule has 0 aliphatic carbocycles. The van der Waals surface area contributed by atoms with Crippen molar-refractivity contribution in [3.05, 3.63) is 40.3 Å². The highest BCUT2D eigenvalue weighted by atomic mass is 35.5. The molecule has 1 heterocycles. The summed E-state index contributed by atoms with van der Waals surface area (Å²) in [6.45, 7) is 2.32. The molecule has 0 amide bonds. The Morgan fingerprint density at radius 2 is 2.38 bits per heavy atom. The molecule has 1 rings (SSSR count). The lowest BCUT2D eigenvalue weighted by atomic mass is 10.3. The first-order valence-electron chi connectivity index (χ1n) is 3.99. The van der Waals surface area contributed by atoms with E-state index in [2.05, 4.69) is 5.10 Å². The van der Waals surface area contributed by atoms with Gasteiger partial charge in [0.15, 0.2) is 0 Å². The lowest BCUT2D eigenvalue weighted by Crippen LogP contribution is -2.21. The van der Waals surface area contributed by atoms with Gasteiger partial charge in [0.1, 0.15) is 0 Å². The molecule has 0 atom stereocenters. The molecular formula is C9H11ClN2O. The molecule has 4 heteroatoms. The minimum atomic E-state index is -0.0841. The molecular weight excluding hydrogens is 188 g/mol. The van der Waals surface area contributed by atoms with E-state index in [1.54, 1.807) is 18.3 Å². The molecule has 0 saturated heterocycles. The van der Waals surface area contributed by atoms with Crippen molar-refractivity contribution in [3.8, 4) is 0 Å². The zero-order chi connectivity index (χ0) is 9.68. The van der Waals surface area contributed by atoms with Crippen LogP contribution in [0.2, 0.25) is 0 Å². The fraction of sp³-hybridized carbons (Fsp3) is 0.333. The Morgan fingerprint density at radius 1 is 1.62 bits per heavy atom. The molecule has 0 fully saturated rings. The van der Waals surface area contributed by atoms with Crippen molar-refractivity contribution in [2.75, 3.05) is 5.88 Å². The van der Waals surface area contributed by atoms with Crippen LogP contribution in [0.3, 0.4) is 0 Å². The number of nitrogens with zero attached hydrogens (tertiary/aromatic N) is 2. The molecule has 3 nitrogen and oxygen atoms in total. The maximum Gasteiger partial charge on any atom is 0.267 e. The number of rotatable bonds is 3. The average molecular weight is 199 g/mol. The van der Waals surface area contributed by atoms with E-state index in [-0.39, 0.29) is 5.56 Å². The van der Waals surface area contributed by atoms with Gasteiger partial charge >= 0.3 is 0 Å². The summed E-state index contributed by atoms with van der Waals surface area (Å²) in [5, 5.41) is 3.96. The lowest BCUT2D eigenvalue weighted by Gasteiger charge is -1.99. The fourth-order valence-electron chi connectivity index (χ4n) is 0.899. The Balaban J connectivity index is 2.78. The van der Waals surface area contributed by atoms with Crippen LogP contribution in [0.25, 0.3) is 0 Å². The molecule has 0 bridgehead atoms. The van der Waals surface area contributed by atoms with Crippen molar-refractivity contribution in [2.45, 2.75) is 13.5 Å². The molecule has 1 aromatic rings. The van der Waals surface area contributed by atoms with Gasteiger partial charge in [-0.15, -0.1) is 11.6 Å². The molecule has 0 unspecified atom stereocenters. The van der Waals surface area contributed by atoms with E-state index < -0.39 is 0 Å². The van der Waals surface area contributed by atoms with Gasteiger partial charge in [0, 0.05) is 11.9 Å². The van der Waals surface area contributed by atoms with Crippen molar-refractivity contribution < 1.29 is 0 Å². The van der Waals surface area contributed by atoms with E-state index in [4.69, 9.17) is 11.6 Å². The highest BCUT2D eigenvalue weighted by molar-refractivity contribution is 6.18. The van der Waals surface area contributed by atoms with Crippen molar-refractivity contribution in [2.24, 2.45) is 0 Å². The summed E-state index contributed by atoms with van der Waals surface area (Å²) in [6.07, 6.45) is 5.27. The zero-order valence-electron chi connectivity index (χ0n) is 7.40. The fourth-order valence-corrected chi connectivity index (χ4v) is 1.02. The first-order chi connectivity index (χ1) is 6.24. The number of hydrogen-bond donors (Lipinski definition) is 0. The summed E-state index contributed by atoms with van der Waals surface area (Å²) in [4.78, 5) is 11.3. The van der Waals surface area contributed by atoms with Crippen LogP contribution in [-0.2, 0) is 6.54 Å². The van der Waals surface area contributed by atoms with Crippen LogP contribution in [0.4, 0.5) is 0 Å². The summed E-state index contributed by atoms with van der Waals surface area (Å²) < 4.78 is 1.38. The molecule has 70 valence electrons. The number of alkyl halides is 1. The third-order valence-corrected chi connectivity index (χ3v) is 1.72. The quantitative estimate of drug-likeness (QED) is 0.543. The maximum absolute atomic E-state index is 11.3. The Labute approximate surface area is 81.6 Å². The van der Waals surface area contributed by atoms with E-state index in [0.717, 1.165) is 5.56 Å². The molecule has 0 aliphatic heterocycles. The van der Waals surface area contributed by atoms with Gasteiger partial charge in [-0.3, -0.25) is 4.79 Å². The first-order valence-corrected chi connectivity index (χ1v) is 4.52. The normalized spacial score (nSPS) is 10.9. The van der Waals surface area contributed by atoms with Crippen LogP contribution in [0.1, 0.15) is 5.56 Å². The summed E-state index contributed by atoms with van der Waals surface area (Å²) in [7, 11) is 0. The van der Waals surface area contributed by atoms with Gasteiger partial charge in [-0.25, -0.2) is 4.68 Å². The second kappa shape index (κ2) is 4.82. The third-order valence-electron chi connectivity index (χ3n) is 1.54. The first kappa shape index (κ1) is 9.99. The predicted octanol–water partition coefficient (Wildman–Crippen LogP) is 1.35. The molecule has 0 radical (unpaired) electrons. The SMILES string of the molecule is Cc1cnn(C/C=C/CCl)c(=O)c1. The minimum absolute atomic E-state index is 0.0841. The van der Waals surface area contributed by atoms with Crippen molar-refractivity contribution >= 4 is 11.6 Å². The van der Waals surface area contributed by atoms with E-state index in [1.165, 1.54) is 4.68 Å². The smallest absolute Gasteiger partial charge is 0.267 e. The predicted molar refractivity (Wildman–Crippen MR) is 53.1 cm³/mol. The van der Waals surface area contributed by atoms with E-state index in [0.29, 0.717) is 12.4 Å². The van der Waals surface area contributed by atoms with Crippen LogP contribution < -0.4 is 5.56 Å². The average Bonchev–Trinajstić information content (AvgIpc) is 2.09. The van der Waals surface area contributed by atoms with Gasteiger partial charge in [-0.1, -0.05) is 12.2 Å². The van der Waals surface area contributed by atoms with Crippen molar-refractivity contribution in [1.29, 1.82) is 0 Å². The van der Waals surface area contributed by atoms with E-state index >= 15 is 0 Å². The molecule has 0 N–H and O–H groups in total. The Morgan fingerprint density at radius 3 is 3.00 bits per heavy atom. The molecule has 1 aromatic heterocycles. The Hall–Kier alpha value is -1.09. The topological polar surface area (TPSA) is 34.9 Å². The van der Waals surface area contributed by atoms with Crippen LogP contribution in [0.15, 0.2) is 29.2 Å². The lowest BCUT2D eigenvalue weighted by molar-refractivity contribution is 0.648. The summed E-state index contributed by atoms with van der Waals surface area (Å²) in [5.41, 5.74) is 0.793. The number of halogens is 1. The second-order valence-corrected chi connectivity index (χ2v) is 2.99. The summed E-state index contributed by atoms with van der Waals surface area (Å²) >= 11 is 5.44. The Kier molecular flexibility index (Phi) is 3.71. The van der Waals surface area contributed by atoms with E-state index in [9.17, 15) is 4.79 Å². The highest BCUT2D eigenvalue weighted by Gasteiger charge is 1.93. The van der Waals surface area contributed by atoms with Gasteiger partial charge in [0.05, 0.1) is 12.7 Å². The summed E-state index contributed by atoms with van der Waals surface area (Å²) in [5.74, 6) is 0.459. The molecule has 0 aromatic carbocycles. The van der Waals surface area contributed by atoms with Crippen LogP contribution in [-0.4, -0.2) is 15.7 Å². The minimum Gasteiger partial charge on any atom is -0.268 e. The zero-order valence-corrected chi connectivity index (χ0v) is 8.16. The third kappa shape index (κ3) is 3.03. The highest BCUT2D eigenvalue weighted by Crippen LogP contribution is 1.87. The summed E-state index contributed by atoms with van der Waals surface area (Å²) in [6, 6.07) is 1.56. The van der Waals surface area contributed by atoms with Gasteiger partial charge in [-0.05, 0) is 12.5 Å². The largest absolute Gasteiger partial charge is 0.268 e. The molecule has 0 spiro atoms. The van der Waals surface area contributed by atoms with E-state index in [1.807, 2.05) is 13.0 Å². The van der Waals surface area contributed by atoms with Crippen molar-refractivity contribution in [3.63, 3.8) is 0 Å². The Bertz CT molecular complexity index is 357. The molecule has 0 aliphatic rings. The molecule has 13 heavy (non-hydrogen) atoms. The number of aryl methyl sites for hydroxylation is 1. The monoisotopic (exact) mass is 198 g/mol. The number of hydrogen-bond acceptors (Lipinski definition) is 2. The maximum atomic E-state index is 11.3. The van der Waals surface area contributed by atoms with Gasteiger partial charge < -0.3 is 0 Å². The number of aromatic nitrogens is 2. The van der Waals surface area contributed by atoms with Crippen LogP contribution >= 0.6 is 11.6 Å². The van der Waals surface area contributed by atoms with Crippen LogP contribution in [0, 0.1) is 6.92 Å². The second-order valence-electron chi connectivity index (χ2n) is 2.68. The van der Waals surface area contributed by atoms with Gasteiger partial charge in [-0.2, -0.15) is 5.10 Å². The number of allylic oxidation sites excluding steroid dienone is 2. The van der Waals surface area contributed by atoms with Crippen LogP contribution in [0.5, 0.6) is 0 Å². The standard InChI is InChI=1S/C9H11ClN2O/c1-8-6-9(13)12(11-7-8)5-3-2-4-10/h2-3,6-7H,4-5H2,1H3/b3-2+.